The Bertz CT molecular complexity index is 376. The molecule has 0 aliphatic heterocycles. The van der Waals surface area contributed by atoms with Gasteiger partial charge >= 0.3 is 5.97 Å². The van der Waals surface area contributed by atoms with Crippen molar-refractivity contribution in [2.24, 2.45) is 29.1 Å². The molecule has 0 aromatic carbocycles. The normalized spacial score (nSPS) is 48.5. The van der Waals surface area contributed by atoms with Crippen molar-refractivity contribution in [1.29, 1.82) is 0 Å². The molecule has 5 aliphatic carbocycles. The van der Waals surface area contributed by atoms with Gasteiger partial charge in [-0.3, -0.25) is 4.79 Å². The Balaban J connectivity index is 1.30. The van der Waals surface area contributed by atoms with Crippen molar-refractivity contribution >= 4 is 5.97 Å². The van der Waals surface area contributed by atoms with Gasteiger partial charge in [0.2, 0.25) is 0 Å². The Hall–Kier alpha value is -0.570. The lowest BCUT2D eigenvalue weighted by Crippen LogP contribution is -2.52. The molecule has 0 aromatic heterocycles. The summed E-state index contributed by atoms with van der Waals surface area (Å²) in [6, 6.07) is 0.577. The Morgan fingerprint density at radius 2 is 1.48 bits per heavy atom. The Morgan fingerprint density at radius 3 is 1.95 bits per heavy atom. The number of carbonyl (C=O) groups is 1. The molecule has 0 amide bonds. The van der Waals surface area contributed by atoms with Crippen LogP contribution in [-0.4, -0.2) is 23.7 Å². The Labute approximate surface area is 127 Å². The molecule has 2 N–H and O–H groups in total. The third-order valence-electron chi connectivity index (χ3n) is 7.01. The largest absolute Gasteiger partial charge is 0.481 e. The summed E-state index contributed by atoms with van der Waals surface area (Å²) in [6.07, 6.45) is 12.8. The Morgan fingerprint density at radius 1 is 0.952 bits per heavy atom. The summed E-state index contributed by atoms with van der Waals surface area (Å²) in [5, 5.41) is 12.9. The molecule has 4 bridgehead atoms. The molecule has 0 heterocycles. The van der Waals surface area contributed by atoms with Crippen molar-refractivity contribution in [3.05, 3.63) is 0 Å². The molecule has 21 heavy (non-hydrogen) atoms. The molecule has 5 rings (SSSR count). The van der Waals surface area contributed by atoms with E-state index in [2.05, 4.69) is 5.32 Å². The highest BCUT2D eigenvalue weighted by Crippen LogP contribution is 2.59. The highest BCUT2D eigenvalue weighted by atomic mass is 16.4. The Kier molecular flexibility index (Phi) is 3.52. The predicted molar refractivity (Wildman–Crippen MR) is 82.0 cm³/mol. The van der Waals surface area contributed by atoms with Crippen LogP contribution in [0, 0.1) is 29.1 Å². The number of aliphatic carboxylic acids is 1. The third kappa shape index (κ3) is 2.74. The van der Waals surface area contributed by atoms with Crippen LogP contribution in [-0.2, 0) is 4.79 Å². The lowest BCUT2D eigenvalue weighted by Gasteiger charge is -2.57. The van der Waals surface area contributed by atoms with Crippen LogP contribution in [0.25, 0.3) is 0 Å². The van der Waals surface area contributed by atoms with Gasteiger partial charge in [0, 0.05) is 12.6 Å². The summed E-state index contributed by atoms with van der Waals surface area (Å²) in [7, 11) is 0. The number of hydrogen-bond acceptors (Lipinski definition) is 2. The molecule has 0 unspecified atom stereocenters. The lowest BCUT2D eigenvalue weighted by molar-refractivity contribution is -0.142. The molecular weight excluding hydrogens is 262 g/mol. The quantitative estimate of drug-likeness (QED) is 0.834. The van der Waals surface area contributed by atoms with Gasteiger partial charge in [-0.05, 0) is 87.4 Å². The minimum atomic E-state index is -0.588. The molecule has 5 fully saturated rings. The van der Waals surface area contributed by atoms with Gasteiger partial charge in [-0.15, -0.1) is 0 Å². The standard InChI is InChI=1S/C18H29NO2/c20-17(21)15-1-3-16(4-2-15)19-11-18-8-12-5-13(9-18)7-14(6-12)10-18/h12-16,19H,1-11H2,(H,20,21). The van der Waals surface area contributed by atoms with Gasteiger partial charge in [0.15, 0.2) is 0 Å². The van der Waals surface area contributed by atoms with E-state index in [4.69, 9.17) is 5.11 Å². The molecule has 0 aromatic rings. The van der Waals surface area contributed by atoms with Gasteiger partial charge in [-0.1, -0.05) is 0 Å². The van der Waals surface area contributed by atoms with Gasteiger partial charge in [-0.2, -0.15) is 0 Å². The molecule has 3 heteroatoms. The first kappa shape index (κ1) is 14.0. The minimum Gasteiger partial charge on any atom is -0.481 e. The fraction of sp³-hybridized carbons (Fsp3) is 0.944. The van der Waals surface area contributed by atoms with Gasteiger partial charge in [-0.25, -0.2) is 0 Å². The highest BCUT2D eigenvalue weighted by Gasteiger charge is 2.50. The zero-order valence-electron chi connectivity index (χ0n) is 13.0. The zero-order valence-corrected chi connectivity index (χ0v) is 13.0. The number of nitrogens with one attached hydrogen (secondary N) is 1. The maximum atomic E-state index is 11.0. The predicted octanol–water partition coefficient (Wildman–Crippen LogP) is 3.44. The molecule has 5 aliphatic rings. The zero-order chi connectivity index (χ0) is 14.4. The summed E-state index contributed by atoms with van der Waals surface area (Å²) < 4.78 is 0. The summed E-state index contributed by atoms with van der Waals surface area (Å²) in [5.74, 6) is 2.42. The van der Waals surface area contributed by atoms with Crippen molar-refractivity contribution in [3.63, 3.8) is 0 Å². The molecule has 0 spiro atoms. The van der Waals surface area contributed by atoms with Crippen LogP contribution in [0.5, 0.6) is 0 Å². The number of carboxylic acid groups (broad SMARTS) is 1. The second-order valence-electron chi connectivity index (χ2n) is 8.69. The van der Waals surface area contributed by atoms with E-state index in [1.807, 2.05) is 0 Å². The van der Waals surface area contributed by atoms with E-state index in [1.165, 1.54) is 45.1 Å². The maximum absolute atomic E-state index is 11.0. The minimum absolute atomic E-state index is 0.0809. The topological polar surface area (TPSA) is 49.3 Å². The van der Waals surface area contributed by atoms with E-state index in [-0.39, 0.29) is 5.92 Å². The van der Waals surface area contributed by atoms with Crippen LogP contribution in [0.1, 0.15) is 64.2 Å². The maximum Gasteiger partial charge on any atom is 0.306 e. The van der Waals surface area contributed by atoms with Gasteiger partial charge in [0.25, 0.3) is 0 Å². The van der Waals surface area contributed by atoms with E-state index in [0.29, 0.717) is 11.5 Å². The van der Waals surface area contributed by atoms with Crippen LogP contribution >= 0.6 is 0 Å². The summed E-state index contributed by atoms with van der Waals surface area (Å²) >= 11 is 0. The van der Waals surface area contributed by atoms with E-state index < -0.39 is 5.97 Å². The van der Waals surface area contributed by atoms with Crippen molar-refractivity contribution < 1.29 is 9.90 Å². The van der Waals surface area contributed by atoms with Crippen LogP contribution in [0.2, 0.25) is 0 Å². The monoisotopic (exact) mass is 291 g/mol. The van der Waals surface area contributed by atoms with Crippen molar-refractivity contribution in [2.75, 3.05) is 6.54 Å². The van der Waals surface area contributed by atoms with Crippen molar-refractivity contribution in [3.8, 4) is 0 Å². The van der Waals surface area contributed by atoms with Crippen molar-refractivity contribution in [2.45, 2.75) is 70.3 Å². The average Bonchev–Trinajstić information content (AvgIpc) is 2.44. The first-order valence-electron chi connectivity index (χ1n) is 9.08. The summed E-state index contributed by atoms with van der Waals surface area (Å²) in [5.41, 5.74) is 0.610. The number of rotatable bonds is 4. The molecule has 0 radical (unpaired) electrons. The highest BCUT2D eigenvalue weighted by molar-refractivity contribution is 5.70. The molecule has 5 saturated carbocycles. The fourth-order valence-corrected chi connectivity index (χ4v) is 6.41. The summed E-state index contributed by atoms with van der Waals surface area (Å²) in [4.78, 5) is 11.0. The number of carboxylic acids is 1. The fourth-order valence-electron chi connectivity index (χ4n) is 6.41. The SMILES string of the molecule is O=C(O)C1CCC(NCC23CC4CC(CC(C4)C2)C3)CC1. The van der Waals surface area contributed by atoms with E-state index in [9.17, 15) is 4.79 Å². The molecular formula is C18H29NO2. The molecule has 3 nitrogen and oxygen atoms in total. The van der Waals surface area contributed by atoms with Crippen molar-refractivity contribution in [1.82, 2.24) is 5.32 Å². The first-order valence-corrected chi connectivity index (χ1v) is 9.08. The van der Waals surface area contributed by atoms with Crippen LogP contribution < -0.4 is 5.32 Å². The van der Waals surface area contributed by atoms with Crippen LogP contribution in [0.4, 0.5) is 0 Å². The molecule has 0 saturated heterocycles. The molecule has 118 valence electrons. The van der Waals surface area contributed by atoms with Gasteiger partial charge in [0.05, 0.1) is 5.92 Å². The second-order valence-corrected chi connectivity index (χ2v) is 8.69. The van der Waals surface area contributed by atoms with Crippen LogP contribution in [0.3, 0.4) is 0 Å². The van der Waals surface area contributed by atoms with Gasteiger partial charge in [0.1, 0.15) is 0 Å². The first-order chi connectivity index (χ1) is 10.1. The average molecular weight is 291 g/mol. The summed E-state index contributed by atoms with van der Waals surface area (Å²) in [6.45, 7) is 1.21. The van der Waals surface area contributed by atoms with E-state index >= 15 is 0 Å². The second kappa shape index (κ2) is 5.26. The van der Waals surface area contributed by atoms with E-state index in [1.54, 1.807) is 0 Å². The lowest BCUT2D eigenvalue weighted by atomic mass is 9.49. The third-order valence-corrected chi connectivity index (χ3v) is 7.01. The van der Waals surface area contributed by atoms with E-state index in [0.717, 1.165) is 43.4 Å². The van der Waals surface area contributed by atoms with Gasteiger partial charge < -0.3 is 10.4 Å². The van der Waals surface area contributed by atoms with Crippen LogP contribution in [0.15, 0.2) is 0 Å². The molecule has 0 atom stereocenters. The number of hydrogen-bond donors (Lipinski definition) is 2. The smallest absolute Gasteiger partial charge is 0.306 e.